The number of carboxylic acids is 1. The number of ether oxygens (including phenoxy) is 2. The van der Waals surface area contributed by atoms with Gasteiger partial charge < -0.3 is 14.6 Å². The number of rotatable bonds is 5. The van der Waals surface area contributed by atoms with Crippen molar-refractivity contribution in [2.24, 2.45) is 0 Å². The van der Waals surface area contributed by atoms with Gasteiger partial charge in [-0.15, -0.1) is 0 Å². The van der Waals surface area contributed by atoms with E-state index in [9.17, 15) is 9.59 Å². The van der Waals surface area contributed by atoms with Gasteiger partial charge in [-0.1, -0.05) is 46.4 Å². The number of carbonyl (C=O) groups excluding carboxylic acids is 1. The quantitative estimate of drug-likeness (QED) is 0.490. The Balaban J connectivity index is 0.000000207. The predicted octanol–water partition coefficient (Wildman–Crippen LogP) is 6.59. The molecule has 0 aromatic heterocycles. The molecule has 0 saturated heterocycles. The lowest BCUT2D eigenvalue weighted by Gasteiger charge is -2.07. The molecule has 9 heteroatoms. The number of halogens is 4. The maximum Gasteiger partial charge on any atom is 0.303 e. The lowest BCUT2D eigenvalue weighted by Crippen LogP contribution is -2.01. The van der Waals surface area contributed by atoms with Crippen molar-refractivity contribution in [3.63, 3.8) is 0 Å². The topological polar surface area (TPSA) is 72.8 Å². The zero-order chi connectivity index (χ0) is 21.4. The fraction of sp³-hybridized carbons (Fsp3) is 0.300. The molecule has 0 spiro atoms. The van der Waals surface area contributed by atoms with Crippen LogP contribution in [0.4, 0.5) is 0 Å². The molecule has 0 amide bonds. The van der Waals surface area contributed by atoms with E-state index in [0.29, 0.717) is 63.2 Å². The van der Waals surface area contributed by atoms with E-state index >= 15 is 0 Å². The molecule has 0 aliphatic carbocycles. The average molecular weight is 480 g/mol. The number of carboxylic acid groups (broad SMARTS) is 1. The summed E-state index contributed by atoms with van der Waals surface area (Å²) in [6, 6.07) is 8.10. The number of benzene rings is 2. The molecule has 5 nitrogen and oxygen atoms in total. The summed E-state index contributed by atoms with van der Waals surface area (Å²) >= 11 is 23.1. The zero-order valence-electron chi connectivity index (χ0n) is 15.2. The lowest BCUT2D eigenvalue weighted by molar-refractivity contribution is -0.137. The lowest BCUT2D eigenvalue weighted by atomic mass is 10.1. The minimum absolute atomic E-state index is 0.0658. The molecular weight excluding hydrogens is 462 g/mol. The van der Waals surface area contributed by atoms with Gasteiger partial charge in [-0.25, -0.2) is 0 Å². The van der Waals surface area contributed by atoms with E-state index in [0.717, 1.165) is 6.42 Å². The molecule has 3 rings (SSSR count). The van der Waals surface area contributed by atoms with Crippen molar-refractivity contribution in [2.45, 2.75) is 25.7 Å². The molecule has 0 radical (unpaired) electrons. The van der Waals surface area contributed by atoms with Gasteiger partial charge in [-0.3, -0.25) is 9.59 Å². The molecule has 1 heterocycles. The van der Waals surface area contributed by atoms with E-state index in [4.69, 9.17) is 61.0 Å². The number of ketones is 1. The summed E-state index contributed by atoms with van der Waals surface area (Å²) in [6.07, 6.45) is 1.81. The van der Waals surface area contributed by atoms with Crippen molar-refractivity contribution >= 4 is 58.2 Å². The first kappa shape index (κ1) is 23.6. The standard InChI is InChI=1S/C10H10Cl2O3.C10H8Cl2O2/c11-8-4-3-7(6-9(8)12)15-5-1-2-10(13)14;11-7-4-6-9(13)2-1-3-14-10(6)5-8(7)12/h3-4,6H,1-2,5H2,(H,13,14);4-5H,1-3H2. The normalized spacial score (nSPS) is 12.8. The van der Waals surface area contributed by atoms with Gasteiger partial charge >= 0.3 is 5.97 Å². The Hall–Kier alpha value is -1.66. The molecule has 2 aromatic rings. The summed E-state index contributed by atoms with van der Waals surface area (Å²) in [5.74, 6) is 0.375. The molecule has 0 fully saturated rings. The van der Waals surface area contributed by atoms with Crippen LogP contribution in [0.3, 0.4) is 0 Å². The van der Waals surface area contributed by atoms with E-state index in [1.54, 1.807) is 30.3 Å². The molecule has 2 aromatic carbocycles. The van der Waals surface area contributed by atoms with Crippen LogP contribution in [0.1, 0.15) is 36.0 Å². The maximum atomic E-state index is 11.6. The van der Waals surface area contributed by atoms with Crippen LogP contribution < -0.4 is 9.47 Å². The molecule has 156 valence electrons. The van der Waals surface area contributed by atoms with Crippen LogP contribution in [0.25, 0.3) is 0 Å². The fourth-order valence-corrected chi connectivity index (χ4v) is 3.00. The summed E-state index contributed by atoms with van der Waals surface area (Å²) < 4.78 is 10.7. The minimum atomic E-state index is -0.826. The van der Waals surface area contributed by atoms with Crippen LogP contribution in [0.5, 0.6) is 11.5 Å². The van der Waals surface area contributed by atoms with E-state index in [1.165, 1.54) is 0 Å². The van der Waals surface area contributed by atoms with Crippen molar-refractivity contribution in [3.8, 4) is 11.5 Å². The van der Waals surface area contributed by atoms with Crippen molar-refractivity contribution in [2.75, 3.05) is 13.2 Å². The van der Waals surface area contributed by atoms with Crippen LogP contribution in [0.15, 0.2) is 30.3 Å². The highest BCUT2D eigenvalue weighted by Crippen LogP contribution is 2.33. The number of carbonyl (C=O) groups is 2. The number of fused-ring (bicyclic) bond motifs is 1. The van der Waals surface area contributed by atoms with Crippen LogP contribution >= 0.6 is 46.4 Å². The molecule has 0 unspecified atom stereocenters. The highest BCUT2D eigenvalue weighted by molar-refractivity contribution is 6.42. The van der Waals surface area contributed by atoms with Gasteiger partial charge in [0, 0.05) is 25.0 Å². The van der Waals surface area contributed by atoms with Crippen LogP contribution in [0, 0.1) is 0 Å². The molecule has 0 saturated carbocycles. The van der Waals surface area contributed by atoms with Crippen molar-refractivity contribution < 1.29 is 24.2 Å². The first-order chi connectivity index (χ1) is 13.8. The van der Waals surface area contributed by atoms with Gasteiger partial charge in [0.1, 0.15) is 11.5 Å². The second-order valence-electron chi connectivity index (χ2n) is 6.06. The molecule has 1 N–H and O–H groups in total. The Morgan fingerprint density at radius 3 is 2.41 bits per heavy atom. The third-order valence-electron chi connectivity index (χ3n) is 3.82. The zero-order valence-corrected chi connectivity index (χ0v) is 18.2. The molecule has 1 aliphatic heterocycles. The van der Waals surface area contributed by atoms with Gasteiger partial charge in [0.05, 0.1) is 38.9 Å². The monoisotopic (exact) mass is 478 g/mol. The highest BCUT2D eigenvalue weighted by atomic mass is 35.5. The van der Waals surface area contributed by atoms with Gasteiger partial charge in [-0.05, 0) is 31.0 Å². The Kier molecular flexibility index (Phi) is 9.37. The Labute approximate surface area is 188 Å². The fourth-order valence-electron chi connectivity index (χ4n) is 2.40. The van der Waals surface area contributed by atoms with Crippen LogP contribution in [-0.4, -0.2) is 30.1 Å². The van der Waals surface area contributed by atoms with E-state index < -0.39 is 5.97 Å². The van der Waals surface area contributed by atoms with Crippen molar-refractivity contribution in [1.29, 1.82) is 0 Å². The van der Waals surface area contributed by atoms with E-state index in [2.05, 4.69) is 0 Å². The molecule has 29 heavy (non-hydrogen) atoms. The third kappa shape index (κ3) is 7.59. The minimum Gasteiger partial charge on any atom is -0.494 e. The first-order valence-electron chi connectivity index (χ1n) is 8.72. The maximum absolute atomic E-state index is 11.6. The van der Waals surface area contributed by atoms with E-state index in [-0.39, 0.29) is 12.2 Å². The summed E-state index contributed by atoms with van der Waals surface area (Å²) in [5.41, 5.74) is 0.539. The van der Waals surface area contributed by atoms with Gasteiger partial charge in [0.2, 0.25) is 0 Å². The van der Waals surface area contributed by atoms with Crippen molar-refractivity contribution in [3.05, 3.63) is 56.0 Å². The number of Topliss-reactive ketones (excluding diaryl/α,β-unsaturated/α-hetero) is 1. The first-order valence-corrected chi connectivity index (χ1v) is 10.2. The number of hydrogen-bond donors (Lipinski definition) is 1. The predicted molar refractivity (Wildman–Crippen MR) is 114 cm³/mol. The Morgan fingerprint density at radius 2 is 1.72 bits per heavy atom. The molecule has 0 bridgehead atoms. The molecule has 1 aliphatic rings. The summed E-state index contributed by atoms with van der Waals surface area (Å²) in [4.78, 5) is 21.8. The summed E-state index contributed by atoms with van der Waals surface area (Å²) in [7, 11) is 0. The number of aliphatic carboxylic acids is 1. The SMILES string of the molecule is O=C(O)CCCOc1ccc(Cl)c(Cl)c1.O=C1CCCOc2cc(Cl)c(Cl)cc21. The molecular formula is C20H18Cl4O5. The second kappa shape index (κ2) is 11.5. The van der Waals surface area contributed by atoms with Crippen molar-refractivity contribution in [1.82, 2.24) is 0 Å². The Bertz CT molecular complexity index is 885. The Morgan fingerprint density at radius 1 is 1.03 bits per heavy atom. The summed E-state index contributed by atoms with van der Waals surface area (Å²) in [6.45, 7) is 0.904. The van der Waals surface area contributed by atoms with Gasteiger partial charge in [-0.2, -0.15) is 0 Å². The second-order valence-corrected chi connectivity index (χ2v) is 7.69. The largest absolute Gasteiger partial charge is 0.494 e. The van der Waals surface area contributed by atoms with Crippen LogP contribution in [0.2, 0.25) is 20.1 Å². The molecule has 0 atom stereocenters. The average Bonchev–Trinajstić information content (AvgIpc) is 2.84. The highest BCUT2D eigenvalue weighted by Gasteiger charge is 2.18. The van der Waals surface area contributed by atoms with Gasteiger partial charge in [0.25, 0.3) is 0 Å². The summed E-state index contributed by atoms with van der Waals surface area (Å²) in [5, 5.41) is 10.1. The number of hydrogen-bond acceptors (Lipinski definition) is 4. The van der Waals surface area contributed by atoms with E-state index in [1.807, 2.05) is 0 Å². The van der Waals surface area contributed by atoms with Gasteiger partial charge in [0.15, 0.2) is 5.78 Å². The smallest absolute Gasteiger partial charge is 0.303 e. The third-order valence-corrected chi connectivity index (χ3v) is 5.28. The van der Waals surface area contributed by atoms with Crippen LogP contribution in [-0.2, 0) is 4.79 Å².